The lowest BCUT2D eigenvalue weighted by molar-refractivity contribution is -0.137. The Labute approximate surface area is 149 Å². The van der Waals surface area contributed by atoms with Crippen molar-refractivity contribution < 1.29 is 30.0 Å². The Bertz CT molecular complexity index is 872. The first-order chi connectivity index (χ1) is 12.3. The zero-order chi connectivity index (χ0) is 19.0. The maximum absolute atomic E-state index is 12.9. The third kappa shape index (κ3) is 2.92. The maximum atomic E-state index is 12.9. The molecule has 4 N–H and O–H groups in total. The van der Waals surface area contributed by atoms with E-state index < -0.39 is 12.0 Å². The van der Waals surface area contributed by atoms with Crippen LogP contribution in [-0.4, -0.2) is 43.7 Å². The molecule has 0 fully saturated rings. The molecule has 7 heteroatoms. The van der Waals surface area contributed by atoms with Crippen LogP contribution in [0.5, 0.6) is 17.2 Å². The molecule has 7 nitrogen and oxygen atoms in total. The Kier molecular flexibility index (Phi) is 4.46. The second-order valence-corrected chi connectivity index (χ2v) is 6.35. The maximum Gasteiger partial charge on any atom is 0.303 e. The predicted octanol–water partition coefficient (Wildman–Crippen LogP) is 2.52. The van der Waals surface area contributed by atoms with E-state index in [1.54, 1.807) is 13.0 Å². The number of carboxylic acids is 1. The summed E-state index contributed by atoms with van der Waals surface area (Å²) >= 11 is 0. The van der Waals surface area contributed by atoms with E-state index in [9.17, 15) is 24.9 Å². The number of aliphatic carboxylic acids is 1. The van der Waals surface area contributed by atoms with Crippen LogP contribution in [0.1, 0.15) is 45.9 Å². The van der Waals surface area contributed by atoms with E-state index >= 15 is 0 Å². The van der Waals surface area contributed by atoms with Gasteiger partial charge in [0.1, 0.15) is 17.2 Å². The zero-order valence-corrected chi connectivity index (χ0v) is 14.1. The van der Waals surface area contributed by atoms with Crippen molar-refractivity contribution in [2.75, 3.05) is 6.54 Å². The molecule has 136 valence electrons. The van der Waals surface area contributed by atoms with E-state index in [4.69, 9.17) is 5.11 Å². The Hall–Kier alpha value is -3.22. The first kappa shape index (κ1) is 17.6. The van der Waals surface area contributed by atoms with Gasteiger partial charge in [-0.25, -0.2) is 0 Å². The molecule has 1 aliphatic heterocycles. The van der Waals surface area contributed by atoms with Crippen LogP contribution in [-0.2, 0) is 4.79 Å². The fourth-order valence-electron chi connectivity index (χ4n) is 3.42. The predicted molar refractivity (Wildman–Crippen MR) is 92.4 cm³/mol. The van der Waals surface area contributed by atoms with Gasteiger partial charge < -0.3 is 25.3 Å². The van der Waals surface area contributed by atoms with Crippen molar-refractivity contribution in [1.82, 2.24) is 4.90 Å². The van der Waals surface area contributed by atoms with Gasteiger partial charge in [0.25, 0.3) is 5.91 Å². The molecule has 1 aliphatic rings. The summed E-state index contributed by atoms with van der Waals surface area (Å²) in [6.07, 6.45) is 0.0876. The lowest BCUT2D eigenvalue weighted by Gasteiger charge is -2.27. The lowest BCUT2D eigenvalue weighted by atomic mass is 9.94. The summed E-state index contributed by atoms with van der Waals surface area (Å²) in [7, 11) is 0. The molecule has 0 aromatic heterocycles. The largest absolute Gasteiger partial charge is 0.508 e. The zero-order valence-electron chi connectivity index (χ0n) is 14.1. The lowest BCUT2D eigenvalue weighted by Crippen LogP contribution is -2.30. The number of fused-ring (bicyclic) bond motifs is 1. The molecule has 0 radical (unpaired) electrons. The van der Waals surface area contributed by atoms with Crippen LogP contribution in [0.4, 0.5) is 0 Å². The molecule has 2 aromatic carbocycles. The van der Waals surface area contributed by atoms with Crippen molar-refractivity contribution >= 4 is 11.9 Å². The van der Waals surface area contributed by atoms with Crippen LogP contribution in [0.2, 0.25) is 0 Å². The van der Waals surface area contributed by atoms with Gasteiger partial charge in [0.15, 0.2) is 0 Å². The van der Waals surface area contributed by atoms with Gasteiger partial charge in [-0.3, -0.25) is 9.59 Å². The summed E-state index contributed by atoms with van der Waals surface area (Å²) in [5, 5.41) is 39.8. The van der Waals surface area contributed by atoms with Crippen LogP contribution in [0.15, 0.2) is 30.3 Å². The van der Waals surface area contributed by atoms with Gasteiger partial charge in [-0.1, -0.05) is 6.07 Å². The number of aromatic hydroxyl groups is 3. The van der Waals surface area contributed by atoms with Crippen LogP contribution < -0.4 is 0 Å². The molecule has 1 atom stereocenters. The van der Waals surface area contributed by atoms with Crippen LogP contribution in [0.3, 0.4) is 0 Å². The first-order valence-corrected chi connectivity index (χ1v) is 8.18. The number of benzene rings is 2. The standard InChI is InChI=1S/C19H19NO6/c1-10-8-11-16(14(23)9-10)18(17-12(21)4-2-5-13(17)22)20(19(11)26)7-3-6-15(24)25/h2,4-5,8-9,18,21-23H,3,6-7H2,1H3,(H,24,25). The number of rotatable bonds is 5. The third-order valence-electron chi connectivity index (χ3n) is 4.50. The molecule has 3 rings (SSSR count). The van der Waals surface area contributed by atoms with Gasteiger partial charge >= 0.3 is 5.97 Å². The fourth-order valence-corrected chi connectivity index (χ4v) is 3.42. The second-order valence-electron chi connectivity index (χ2n) is 6.35. The molecule has 0 bridgehead atoms. The van der Waals surface area contributed by atoms with Crippen molar-refractivity contribution in [3.8, 4) is 17.2 Å². The van der Waals surface area contributed by atoms with Gasteiger partial charge in [-0.2, -0.15) is 0 Å². The monoisotopic (exact) mass is 357 g/mol. The van der Waals surface area contributed by atoms with Gasteiger partial charge in [0.2, 0.25) is 0 Å². The minimum Gasteiger partial charge on any atom is -0.508 e. The van der Waals surface area contributed by atoms with Crippen molar-refractivity contribution in [3.05, 3.63) is 52.6 Å². The Morgan fingerprint density at radius 3 is 2.35 bits per heavy atom. The third-order valence-corrected chi connectivity index (χ3v) is 4.50. The normalized spacial score (nSPS) is 16.0. The number of hydrogen-bond donors (Lipinski definition) is 4. The highest BCUT2D eigenvalue weighted by atomic mass is 16.4. The quantitative estimate of drug-likeness (QED) is 0.653. The molecule has 0 spiro atoms. The number of phenols is 3. The summed E-state index contributed by atoms with van der Waals surface area (Å²) in [5.41, 5.74) is 1.38. The van der Waals surface area contributed by atoms with Crippen LogP contribution in [0.25, 0.3) is 0 Å². The molecule has 0 aliphatic carbocycles. The summed E-state index contributed by atoms with van der Waals surface area (Å²) in [6, 6.07) is 6.50. The molecular weight excluding hydrogens is 338 g/mol. The number of carbonyl (C=O) groups excluding carboxylic acids is 1. The molecule has 1 heterocycles. The number of carboxylic acid groups (broad SMARTS) is 1. The molecule has 0 saturated heterocycles. The van der Waals surface area contributed by atoms with Gasteiger partial charge in [-0.05, 0) is 43.2 Å². The topological polar surface area (TPSA) is 118 Å². The van der Waals surface area contributed by atoms with Crippen molar-refractivity contribution in [2.45, 2.75) is 25.8 Å². The Balaban J connectivity index is 2.13. The highest BCUT2D eigenvalue weighted by Gasteiger charge is 2.42. The van der Waals surface area contributed by atoms with E-state index in [2.05, 4.69) is 0 Å². The SMILES string of the molecule is Cc1cc(O)c2c(c1)C(=O)N(CCCC(=O)O)C2c1c(O)cccc1O. The number of carbonyl (C=O) groups is 2. The molecule has 2 aromatic rings. The number of amides is 1. The van der Waals surface area contributed by atoms with Gasteiger partial charge in [0.05, 0.1) is 11.6 Å². The Morgan fingerprint density at radius 2 is 1.73 bits per heavy atom. The minimum atomic E-state index is -0.977. The van der Waals surface area contributed by atoms with E-state index in [1.165, 1.54) is 29.2 Å². The number of aryl methyl sites for hydroxylation is 1. The number of phenolic OH excluding ortho intramolecular Hbond substituents is 3. The van der Waals surface area contributed by atoms with Gasteiger partial charge in [0, 0.05) is 24.1 Å². The summed E-state index contributed by atoms with van der Waals surface area (Å²) in [6.45, 7) is 1.85. The first-order valence-electron chi connectivity index (χ1n) is 8.18. The summed E-state index contributed by atoms with van der Waals surface area (Å²) < 4.78 is 0. The molecule has 26 heavy (non-hydrogen) atoms. The summed E-state index contributed by atoms with van der Waals surface area (Å²) in [4.78, 5) is 25.1. The molecule has 1 unspecified atom stereocenters. The Morgan fingerprint density at radius 1 is 1.08 bits per heavy atom. The van der Waals surface area contributed by atoms with E-state index in [0.29, 0.717) is 11.1 Å². The highest BCUT2D eigenvalue weighted by Crippen LogP contribution is 2.48. The van der Waals surface area contributed by atoms with Crippen molar-refractivity contribution in [1.29, 1.82) is 0 Å². The summed E-state index contributed by atoms with van der Waals surface area (Å²) in [5.74, 6) is -1.88. The van der Waals surface area contributed by atoms with Crippen molar-refractivity contribution in [2.24, 2.45) is 0 Å². The fraction of sp³-hybridized carbons (Fsp3) is 0.263. The van der Waals surface area contributed by atoms with Gasteiger partial charge in [-0.15, -0.1) is 0 Å². The van der Waals surface area contributed by atoms with E-state index in [1.807, 2.05) is 0 Å². The highest BCUT2D eigenvalue weighted by molar-refractivity contribution is 6.01. The second kappa shape index (κ2) is 6.59. The smallest absolute Gasteiger partial charge is 0.303 e. The molecular formula is C19H19NO6. The number of nitrogens with zero attached hydrogens (tertiary/aromatic N) is 1. The number of hydrogen-bond acceptors (Lipinski definition) is 5. The van der Waals surface area contributed by atoms with Crippen LogP contribution >= 0.6 is 0 Å². The molecule has 0 saturated carbocycles. The average molecular weight is 357 g/mol. The molecule has 1 amide bonds. The average Bonchev–Trinajstić information content (AvgIpc) is 2.81. The van der Waals surface area contributed by atoms with Crippen LogP contribution in [0, 0.1) is 6.92 Å². The van der Waals surface area contributed by atoms with E-state index in [0.717, 1.165) is 0 Å². The van der Waals surface area contributed by atoms with E-state index in [-0.39, 0.29) is 53.7 Å². The van der Waals surface area contributed by atoms with Crippen molar-refractivity contribution in [3.63, 3.8) is 0 Å². The minimum absolute atomic E-state index is 0.106.